The first-order chi connectivity index (χ1) is 9.13. The average molecular weight is 273 g/mol. The van der Waals surface area contributed by atoms with Crippen LogP contribution in [-0.4, -0.2) is 9.97 Å². The van der Waals surface area contributed by atoms with Crippen molar-refractivity contribution in [2.75, 3.05) is 5.73 Å². The van der Waals surface area contributed by atoms with Gasteiger partial charge in [0.25, 0.3) is 0 Å². The molecular formula is C15H19N3S. The molecule has 3 nitrogen and oxygen atoms in total. The summed E-state index contributed by atoms with van der Waals surface area (Å²) in [7, 11) is 0. The summed E-state index contributed by atoms with van der Waals surface area (Å²) in [5.74, 6) is 1.96. The molecule has 19 heavy (non-hydrogen) atoms. The lowest BCUT2D eigenvalue weighted by Gasteiger charge is -2.10. The summed E-state index contributed by atoms with van der Waals surface area (Å²) >= 11 is 1.79. The first-order valence-electron chi connectivity index (χ1n) is 6.85. The van der Waals surface area contributed by atoms with E-state index in [0.29, 0.717) is 11.7 Å². The minimum atomic E-state index is 0.573. The molecule has 0 bridgehead atoms. The van der Waals surface area contributed by atoms with Crippen molar-refractivity contribution >= 4 is 17.2 Å². The van der Waals surface area contributed by atoms with Crippen molar-refractivity contribution in [3.63, 3.8) is 0 Å². The van der Waals surface area contributed by atoms with Crippen molar-refractivity contribution < 1.29 is 0 Å². The highest BCUT2D eigenvalue weighted by Gasteiger charge is 2.20. The monoisotopic (exact) mass is 273 g/mol. The lowest BCUT2D eigenvalue weighted by Crippen LogP contribution is -2.03. The Morgan fingerprint density at radius 1 is 1.16 bits per heavy atom. The quantitative estimate of drug-likeness (QED) is 0.897. The third-order valence-corrected chi connectivity index (χ3v) is 4.79. The summed E-state index contributed by atoms with van der Waals surface area (Å²) in [6.07, 6.45) is 5.08. The predicted octanol–water partition coefficient (Wildman–Crippen LogP) is 4.06. The SMILES string of the molecule is Cc1cc(-c2nc(N)cc(C3CCCC3)n2)c(C)s1. The largest absolute Gasteiger partial charge is 0.384 e. The van der Waals surface area contributed by atoms with Crippen molar-refractivity contribution in [1.82, 2.24) is 9.97 Å². The van der Waals surface area contributed by atoms with Gasteiger partial charge in [0.05, 0.1) is 0 Å². The molecule has 1 aliphatic carbocycles. The van der Waals surface area contributed by atoms with Crippen LogP contribution in [0.15, 0.2) is 12.1 Å². The van der Waals surface area contributed by atoms with Gasteiger partial charge >= 0.3 is 0 Å². The second-order valence-corrected chi connectivity index (χ2v) is 6.81. The predicted molar refractivity (Wildman–Crippen MR) is 80.4 cm³/mol. The molecule has 1 fully saturated rings. The molecule has 0 saturated heterocycles. The molecule has 0 aliphatic heterocycles. The fourth-order valence-electron chi connectivity index (χ4n) is 2.89. The van der Waals surface area contributed by atoms with Gasteiger partial charge in [0.1, 0.15) is 5.82 Å². The van der Waals surface area contributed by atoms with Crippen molar-refractivity contribution in [3.8, 4) is 11.4 Å². The number of hydrogen-bond donors (Lipinski definition) is 1. The second-order valence-electron chi connectivity index (χ2n) is 5.35. The van der Waals surface area contributed by atoms with E-state index in [-0.39, 0.29) is 0 Å². The lowest BCUT2D eigenvalue weighted by molar-refractivity contribution is 0.696. The number of aromatic nitrogens is 2. The van der Waals surface area contributed by atoms with Gasteiger partial charge in [0.2, 0.25) is 0 Å². The zero-order chi connectivity index (χ0) is 13.4. The number of aryl methyl sites for hydroxylation is 2. The normalized spacial score (nSPS) is 16.1. The summed E-state index contributed by atoms with van der Waals surface area (Å²) in [6, 6.07) is 4.11. The molecule has 0 atom stereocenters. The van der Waals surface area contributed by atoms with E-state index in [1.54, 1.807) is 11.3 Å². The van der Waals surface area contributed by atoms with Crippen molar-refractivity contribution in [2.24, 2.45) is 0 Å². The Balaban J connectivity index is 2.04. The first-order valence-corrected chi connectivity index (χ1v) is 7.67. The van der Waals surface area contributed by atoms with E-state index < -0.39 is 0 Å². The van der Waals surface area contributed by atoms with E-state index in [1.165, 1.54) is 35.4 Å². The summed E-state index contributed by atoms with van der Waals surface area (Å²) in [5, 5.41) is 0. The number of rotatable bonds is 2. The van der Waals surface area contributed by atoms with Gasteiger partial charge in [-0.05, 0) is 32.8 Å². The summed E-state index contributed by atoms with van der Waals surface area (Å²) in [4.78, 5) is 11.8. The zero-order valence-electron chi connectivity index (χ0n) is 11.4. The van der Waals surface area contributed by atoms with Crippen LogP contribution in [0.3, 0.4) is 0 Å². The second kappa shape index (κ2) is 4.93. The molecule has 100 valence electrons. The van der Waals surface area contributed by atoms with Gasteiger partial charge in [0, 0.05) is 33.0 Å². The molecule has 0 radical (unpaired) electrons. The van der Waals surface area contributed by atoms with E-state index in [0.717, 1.165) is 17.1 Å². The third kappa shape index (κ3) is 2.50. The van der Waals surface area contributed by atoms with Crippen LogP contribution in [0.2, 0.25) is 0 Å². The Hall–Kier alpha value is -1.42. The molecule has 0 aromatic carbocycles. The third-order valence-electron chi connectivity index (χ3n) is 3.82. The molecule has 2 aromatic heterocycles. The number of nitrogen functional groups attached to an aromatic ring is 1. The van der Waals surface area contributed by atoms with Gasteiger partial charge in [-0.15, -0.1) is 11.3 Å². The fraction of sp³-hybridized carbons (Fsp3) is 0.467. The van der Waals surface area contributed by atoms with Gasteiger partial charge in [-0.1, -0.05) is 12.8 Å². The van der Waals surface area contributed by atoms with E-state index in [9.17, 15) is 0 Å². The van der Waals surface area contributed by atoms with E-state index in [2.05, 4.69) is 24.9 Å². The van der Waals surface area contributed by atoms with Crippen LogP contribution < -0.4 is 5.73 Å². The molecule has 4 heteroatoms. The maximum absolute atomic E-state index is 5.97. The van der Waals surface area contributed by atoms with Gasteiger partial charge in [-0.2, -0.15) is 0 Å². The average Bonchev–Trinajstić information content (AvgIpc) is 2.98. The number of anilines is 1. The maximum Gasteiger partial charge on any atom is 0.162 e. The van der Waals surface area contributed by atoms with Gasteiger partial charge in [-0.3, -0.25) is 0 Å². The van der Waals surface area contributed by atoms with E-state index in [1.807, 2.05) is 6.07 Å². The number of thiophene rings is 1. The molecular weight excluding hydrogens is 254 g/mol. The zero-order valence-corrected chi connectivity index (χ0v) is 12.3. The van der Waals surface area contributed by atoms with Crippen LogP contribution in [0.4, 0.5) is 5.82 Å². The van der Waals surface area contributed by atoms with Gasteiger partial charge in [0.15, 0.2) is 5.82 Å². The van der Waals surface area contributed by atoms with Crippen LogP contribution in [0.1, 0.15) is 47.0 Å². The number of nitrogens with zero attached hydrogens (tertiary/aromatic N) is 2. The molecule has 1 saturated carbocycles. The smallest absolute Gasteiger partial charge is 0.162 e. The molecule has 0 unspecified atom stereocenters. The molecule has 2 N–H and O–H groups in total. The summed E-state index contributed by atoms with van der Waals surface area (Å²) < 4.78 is 0. The Morgan fingerprint density at radius 3 is 2.53 bits per heavy atom. The number of hydrogen-bond acceptors (Lipinski definition) is 4. The minimum absolute atomic E-state index is 0.573. The highest BCUT2D eigenvalue weighted by atomic mass is 32.1. The molecule has 2 aromatic rings. The Labute approximate surface area is 117 Å². The number of nitrogens with two attached hydrogens (primary N) is 1. The van der Waals surface area contributed by atoms with Crippen LogP contribution >= 0.6 is 11.3 Å². The molecule has 0 spiro atoms. The molecule has 1 aliphatic rings. The van der Waals surface area contributed by atoms with Crippen molar-refractivity contribution in [3.05, 3.63) is 27.6 Å². The highest BCUT2D eigenvalue weighted by Crippen LogP contribution is 2.35. The Kier molecular flexibility index (Phi) is 3.27. The van der Waals surface area contributed by atoms with Crippen LogP contribution in [0.5, 0.6) is 0 Å². The maximum atomic E-state index is 5.97. The van der Waals surface area contributed by atoms with E-state index >= 15 is 0 Å². The van der Waals surface area contributed by atoms with Crippen LogP contribution in [0.25, 0.3) is 11.4 Å². The molecule has 2 heterocycles. The lowest BCUT2D eigenvalue weighted by atomic mass is 10.0. The molecule has 0 amide bonds. The Bertz CT molecular complexity index is 597. The van der Waals surface area contributed by atoms with Crippen LogP contribution in [0, 0.1) is 13.8 Å². The topological polar surface area (TPSA) is 51.8 Å². The summed E-state index contributed by atoms with van der Waals surface area (Å²) in [5.41, 5.74) is 8.23. The fourth-order valence-corrected chi connectivity index (χ4v) is 3.81. The Morgan fingerprint density at radius 2 is 1.89 bits per heavy atom. The van der Waals surface area contributed by atoms with Gasteiger partial charge in [-0.25, -0.2) is 9.97 Å². The van der Waals surface area contributed by atoms with Crippen molar-refractivity contribution in [1.29, 1.82) is 0 Å². The minimum Gasteiger partial charge on any atom is -0.384 e. The van der Waals surface area contributed by atoms with Gasteiger partial charge < -0.3 is 5.73 Å². The van der Waals surface area contributed by atoms with Crippen LogP contribution in [-0.2, 0) is 0 Å². The van der Waals surface area contributed by atoms with Crippen molar-refractivity contribution in [2.45, 2.75) is 45.4 Å². The van der Waals surface area contributed by atoms with E-state index in [4.69, 9.17) is 10.7 Å². The summed E-state index contributed by atoms with van der Waals surface area (Å²) in [6.45, 7) is 4.24. The highest BCUT2D eigenvalue weighted by molar-refractivity contribution is 7.12. The molecule has 3 rings (SSSR count). The first kappa shape index (κ1) is 12.6. The standard InChI is InChI=1S/C15H19N3S/c1-9-7-12(10(2)19-9)15-17-13(8-14(16)18-15)11-5-3-4-6-11/h7-8,11H,3-6H2,1-2H3,(H2,16,17,18).